The molecular formula is C10H13FN2O2. The zero-order valence-corrected chi connectivity index (χ0v) is 8.62. The molecule has 15 heavy (non-hydrogen) atoms. The molecular weight excluding hydrogens is 199 g/mol. The maximum Gasteiger partial charge on any atom is 0.251 e. The Morgan fingerprint density at radius 1 is 1.67 bits per heavy atom. The van der Waals surface area contributed by atoms with E-state index in [1.54, 1.807) is 13.8 Å². The Bertz CT molecular complexity index is 366. The second-order valence-corrected chi connectivity index (χ2v) is 3.86. The monoisotopic (exact) mass is 212 g/mol. The minimum Gasteiger partial charge on any atom is -0.394 e. The van der Waals surface area contributed by atoms with Crippen molar-refractivity contribution in [3.8, 4) is 0 Å². The van der Waals surface area contributed by atoms with E-state index in [0.29, 0.717) is 0 Å². The summed E-state index contributed by atoms with van der Waals surface area (Å²) in [5.41, 5.74) is -0.541. The number of nitrogens with one attached hydrogen (secondary N) is 1. The van der Waals surface area contributed by atoms with Crippen LogP contribution >= 0.6 is 0 Å². The molecule has 4 nitrogen and oxygen atoms in total. The van der Waals surface area contributed by atoms with E-state index in [1.807, 2.05) is 0 Å². The minimum atomic E-state index is -0.725. The Hall–Kier alpha value is -1.49. The highest BCUT2D eigenvalue weighted by Crippen LogP contribution is 2.05. The van der Waals surface area contributed by atoms with Crippen molar-refractivity contribution in [3.05, 3.63) is 29.8 Å². The van der Waals surface area contributed by atoms with E-state index in [9.17, 15) is 9.18 Å². The van der Waals surface area contributed by atoms with E-state index in [4.69, 9.17) is 5.11 Å². The Morgan fingerprint density at radius 3 is 2.87 bits per heavy atom. The van der Waals surface area contributed by atoms with Crippen molar-refractivity contribution in [3.63, 3.8) is 0 Å². The summed E-state index contributed by atoms with van der Waals surface area (Å²) in [5.74, 6) is -1.14. The minimum absolute atomic E-state index is 0.184. The highest BCUT2D eigenvalue weighted by atomic mass is 19.1. The molecule has 5 heteroatoms. The lowest BCUT2D eigenvalue weighted by atomic mass is 10.1. The number of rotatable bonds is 3. The molecule has 0 aliphatic heterocycles. The fourth-order valence-corrected chi connectivity index (χ4v) is 0.963. The first-order chi connectivity index (χ1) is 6.94. The van der Waals surface area contributed by atoms with E-state index < -0.39 is 17.4 Å². The number of pyridine rings is 1. The highest BCUT2D eigenvalue weighted by molar-refractivity contribution is 5.94. The van der Waals surface area contributed by atoms with Gasteiger partial charge in [0, 0.05) is 17.8 Å². The fourth-order valence-electron chi connectivity index (χ4n) is 0.963. The Labute approximate surface area is 87.1 Å². The van der Waals surface area contributed by atoms with Crippen LogP contribution in [0.5, 0.6) is 0 Å². The summed E-state index contributed by atoms with van der Waals surface area (Å²) in [6.45, 7) is 3.15. The summed E-state index contributed by atoms with van der Waals surface area (Å²) in [6, 6.07) is 2.45. The lowest BCUT2D eigenvalue weighted by Crippen LogP contribution is -2.46. The largest absolute Gasteiger partial charge is 0.394 e. The Morgan fingerprint density at radius 2 is 2.33 bits per heavy atom. The Balaban J connectivity index is 2.78. The zero-order valence-electron chi connectivity index (χ0n) is 8.62. The molecule has 0 saturated heterocycles. The third-order valence-corrected chi connectivity index (χ3v) is 1.84. The number of aromatic nitrogens is 1. The predicted molar refractivity (Wildman–Crippen MR) is 52.8 cm³/mol. The van der Waals surface area contributed by atoms with Crippen LogP contribution in [0.3, 0.4) is 0 Å². The van der Waals surface area contributed by atoms with Crippen molar-refractivity contribution in [2.75, 3.05) is 6.61 Å². The van der Waals surface area contributed by atoms with Gasteiger partial charge < -0.3 is 10.4 Å². The standard InChI is InChI=1S/C10H13FN2O2/c1-10(2,6-14)13-9(15)7-3-4-12-8(11)5-7/h3-5,14H,6H2,1-2H3,(H,13,15). The SMILES string of the molecule is CC(C)(CO)NC(=O)c1ccnc(F)c1. The summed E-state index contributed by atoms with van der Waals surface area (Å²) in [6.07, 6.45) is 1.22. The molecule has 1 heterocycles. The van der Waals surface area contributed by atoms with Gasteiger partial charge in [-0.05, 0) is 19.9 Å². The zero-order chi connectivity index (χ0) is 11.5. The van der Waals surface area contributed by atoms with Crippen molar-refractivity contribution in [1.29, 1.82) is 0 Å². The fraction of sp³-hybridized carbons (Fsp3) is 0.400. The van der Waals surface area contributed by atoms with Gasteiger partial charge in [0.1, 0.15) is 0 Å². The molecule has 0 unspecified atom stereocenters. The van der Waals surface area contributed by atoms with Crippen LogP contribution in [0.4, 0.5) is 4.39 Å². The van der Waals surface area contributed by atoms with Crippen LogP contribution in [-0.4, -0.2) is 28.1 Å². The predicted octanol–water partition coefficient (Wildman–Crippen LogP) is 0.721. The number of aliphatic hydroxyl groups is 1. The van der Waals surface area contributed by atoms with Crippen LogP contribution in [0.2, 0.25) is 0 Å². The van der Waals surface area contributed by atoms with Gasteiger partial charge in [-0.1, -0.05) is 0 Å². The van der Waals surface area contributed by atoms with Gasteiger partial charge in [-0.2, -0.15) is 4.39 Å². The van der Waals surface area contributed by atoms with Gasteiger partial charge >= 0.3 is 0 Å². The summed E-state index contributed by atoms with van der Waals surface area (Å²) in [4.78, 5) is 14.9. The summed E-state index contributed by atoms with van der Waals surface area (Å²) in [7, 11) is 0. The highest BCUT2D eigenvalue weighted by Gasteiger charge is 2.20. The van der Waals surface area contributed by atoms with Crippen LogP contribution in [0.25, 0.3) is 0 Å². The number of nitrogens with zero attached hydrogens (tertiary/aromatic N) is 1. The van der Waals surface area contributed by atoms with E-state index in [1.165, 1.54) is 12.3 Å². The maximum absolute atomic E-state index is 12.7. The van der Waals surface area contributed by atoms with Gasteiger partial charge in [0.2, 0.25) is 5.95 Å². The number of hydrogen-bond donors (Lipinski definition) is 2. The average Bonchev–Trinajstić information content (AvgIpc) is 2.17. The van der Waals surface area contributed by atoms with Gasteiger partial charge in [-0.25, -0.2) is 4.98 Å². The molecule has 0 saturated carbocycles. The molecule has 0 spiro atoms. The summed E-state index contributed by atoms with van der Waals surface area (Å²) < 4.78 is 12.7. The van der Waals surface area contributed by atoms with Crippen molar-refractivity contribution in [2.24, 2.45) is 0 Å². The van der Waals surface area contributed by atoms with Crippen LogP contribution < -0.4 is 5.32 Å². The lowest BCUT2D eigenvalue weighted by molar-refractivity contribution is 0.0868. The molecule has 82 valence electrons. The molecule has 0 aliphatic carbocycles. The normalized spacial score (nSPS) is 11.2. The van der Waals surface area contributed by atoms with Crippen LogP contribution in [-0.2, 0) is 0 Å². The van der Waals surface area contributed by atoms with Gasteiger partial charge in [0.15, 0.2) is 0 Å². The molecule has 1 amide bonds. The first kappa shape index (κ1) is 11.6. The summed E-state index contributed by atoms with van der Waals surface area (Å²) in [5, 5.41) is 11.5. The third kappa shape index (κ3) is 3.28. The number of halogens is 1. The smallest absolute Gasteiger partial charge is 0.251 e. The van der Waals surface area contributed by atoms with Crippen LogP contribution in [0.1, 0.15) is 24.2 Å². The molecule has 0 bridgehead atoms. The molecule has 0 aliphatic rings. The van der Waals surface area contributed by atoms with Crippen molar-refractivity contribution >= 4 is 5.91 Å². The number of carbonyl (C=O) groups excluding carboxylic acids is 1. The van der Waals surface area contributed by atoms with Crippen molar-refractivity contribution in [1.82, 2.24) is 10.3 Å². The van der Waals surface area contributed by atoms with Gasteiger partial charge in [-0.3, -0.25) is 4.79 Å². The molecule has 1 aromatic heterocycles. The van der Waals surface area contributed by atoms with E-state index in [-0.39, 0.29) is 12.2 Å². The van der Waals surface area contributed by atoms with Crippen LogP contribution in [0.15, 0.2) is 18.3 Å². The second kappa shape index (κ2) is 4.35. The lowest BCUT2D eigenvalue weighted by Gasteiger charge is -2.23. The molecule has 1 aromatic rings. The van der Waals surface area contributed by atoms with Crippen molar-refractivity contribution in [2.45, 2.75) is 19.4 Å². The second-order valence-electron chi connectivity index (χ2n) is 3.86. The van der Waals surface area contributed by atoms with E-state index >= 15 is 0 Å². The number of aliphatic hydroxyl groups excluding tert-OH is 1. The van der Waals surface area contributed by atoms with E-state index in [0.717, 1.165) is 6.07 Å². The number of hydrogen-bond acceptors (Lipinski definition) is 3. The number of carbonyl (C=O) groups is 1. The molecule has 0 atom stereocenters. The van der Waals surface area contributed by atoms with E-state index in [2.05, 4.69) is 10.3 Å². The average molecular weight is 212 g/mol. The molecule has 2 N–H and O–H groups in total. The quantitative estimate of drug-likeness (QED) is 0.726. The third-order valence-electron chi connectivity index (χ3n) is 1.84. The molecule has 0 fully saturated rings. The topological polar surface area (TPSA) is 62.2 Å². The summed E-state index contributed by atoms with van der Waals surface area (Å²) >= 11 is 0. The Kier molecular flexibility index (Phi) is 3.36. The first-order valence-electron chi connectivity index (χ1n) is 4.49. The van der Waals surface area contributed by atoms with Gasteiger partial charge in [0.05, 0.1) is 12.1 Å². The molecule has 1 rings (SSSR count). The maximum atomic E-state index is 12.7. The van der Waals surface area contributed by atoms with Crippen molar-refractivity contribution < 1.29 is 14.3 Å². The molecule has 0 aromatic carbocycles. The number of amides is 1. The van der Waals surface area contributed by atoms with Gasteiger partial charge in [0.25, 0.3) is 5.91 Å². The van der Waals surface area contributed by atoms with Gasteiger partial charge in [-0.15, -0.1) is 0 Å². The molecule has 0 radical (unpaired) electrons. The van der Waals surface area contributed by atoms with Crippen LogP contribution in [0, 0.1) is 5.95 Å². The first-order valence-corrected chi connectivity index (χ1v) is 4.49.